The van der Waals surface area contributed by atoms with Crippen molar-refractivity contribution < 1.29 is 4.79 Å². The fraction of sp³-hybridized carbons (Fsp3) is 0.562. The highest BCUT2D eigenvalue weighted by Crippen LogP contribution is 2.17. The molecule has 1 aromatic rings. The minimum absolute atomic E-state index is 0.0489. The molecule has 0 spiro atoms. The zero-order chi connectivity index (χ0) is 14.4. The number of hydrogen-bond donors (Lipinski definition) is 2. The molecule has 4 heteroatoms. The summed E-state index contributed by atoms with van der Waals surface area (Å²) in [5, 5.41) is 6.01. The Hall–Kier alpha value is -1.71. The second kappa shape index (κ2) is 7.17. The maximum atomic E-state index is 11.9. The highest BCUT2D eigenvalue weighted by atomic mass is 16.2. The summed E-state index contributed by atoms with van der Waals surface area (Å²) in [7, 11) is 4.03. The Morgan fingerprint density at radius 2 is 2.00 bits per heavy atom. The topological polar surface area (TPSA) is 44.4 Å². The summed E-state index contributed by atoms with van der Waals surface area (Å²) in [4.78, 5) is 13.9. The molecule has 1 aliphatic carbocycles. The van der Waals surface area contributed by atoms with Crippen LogP contribution in [0.5, 0.6) is 0 Å². The van der Waals surface area contributed by atoms with Gasteiger partial charge in [0.2, 0.25) is 0 Å². The largest absolute Gasteiger partial charge is 0.378 e. The van der Waals surface area contributed by atoms with Crippen molar-refractivity contribution in [3.05, 3.63) is 29.8 Å². The Morgan fingerprint density at radius 1 is 1.25 bits per heavy atom. The van der Waals surface area contributed by atoms with E-state index in [0.717, 1.165) is 24.1 Å². The molecule has 0 unspecified atom stereocenters. The van der Waals surface area contributed by atoms with Gasteiger partial charge in [-0.15, -0.1) is 0 Å². The van der Waals surface area contributed by atoms with E-state index in [9.17, 15) is 4.79 Å². The average Bonchev–Trinajstić information content (AvgIpc) is 2.46. The number of hydrogen-bond acceptors (Lipinski definition) is 2. The number of rotatable bonds is 4. The molecule has 0 saturated heterocycles. The maximum absolute atomic E-state index is 11.9. The fourth-order valence-corrected chi connectivity index (χ4v) is 2.61. The second-order valence-corrected chi connectivity index (χ2v) is 5.73. The predicted octanol–water partition coefficient (Wildman–Crippen LogP) is 2.88. The van der Waals surface area contributed by atoms with Crippen LogP contribution in [0.4, 0.5) is 10.5 Å². The van der Waals surface area contributed by atoms with Crippen molar-refractivity contribution in [3.63, 3.8) is 0 Å². The third-order valence-corrected chi connectivity index (χ3v) is 3.82. The van der Waals surface area contributed by atoms with Crippen LogP contribution in [0.1, 0.15) is 37.7 Å². The molecule has 20 heavy (non-hydrogen) atoms. The molecular weight excluding hydrogens is 250 g/mol. The molecule has 110 valence electrons. The minimum Gasteiger partial charge on any atom is -0.378 e. The average molecular weight is 275 g/mol. The third kappa shape index (κ3) is 4.44. The number of benzene rings is 1. The first-order valence-electron chi connectivity index (χ1n) is 7.46. The van der Waals surface area contributed by atoms with E-state index >= 15 is 0 Å². The summed E-state index contributed by atoms with van der Waals surface area (Å²) >= 11 is 0. The highest BCUT2D eigenvalue weighted by molar-refractivity contribution is 5.74. The standard InChI is InChI=1S/C16H25N3O/c1-19(2)15-10-6-7-13(11-15)12-17-16(20)18-14-8-4-3-5-9-14/h6-7,10-11,14H,3-5,8-9,12H2,1-2H3,(H2,17,18,20). The van der Waals surface area contributed by atoms with Crippen molar-refractivity contribution >= 4 is 11.7 Å². The van der Waals surface area contributed by atoms with Crippen molar-refractivity contribution in [2.75, 3.05) is 19.0 Å². The SMILES string of the molecule is CN(C)c1cccc(CNC(=O)NC2CCCCC2)c1. The van der Waals surface area contributed by atoms with Gasteiger partial charge in [0, 0.05) is 32.4 Å². The molecular formula is C16H25N3O. The summed E-state index contributed by atoms with van der Waals surface area (Å²) in [6.45, 7) is 0.570. The van der Waals surface area contributed by atoms with Crippen LogP contribution in [0, 0.1) is 0 Å². The lowest BCUT2D eigenvalue weighted by Crippen LogP contribution is -2.42. The third-order valence-electron chi connectivity index (χ3n) is 3.82. The van der Waals surface area contributed by atoms with E-state index in [0.29, 0.717) is 12.6 Å². The monoisotopic (exact) mass is 275 g/mol. The van der Waals surface area contributed by atoms with Crippen LogP contribution in [0.2, 0.25) is 0 Å². The summed E-state index contributed by atoms with van der Waals surface area (Å²) in [5.41, 5.74) is 2.27. The van der Waals surface area contributed by atoms with E-state index in [1.165, 1.54) is 19.3 Å². The lowest BCUT2D eigenvalue weighted by Gasteiger charge is -2.23. The first kappa shape index (κ1) is 14.7. The van der Waals surface area contributed by atoms with Gasteiger partial charge in [0.25, 0.3) is 0 Å². The normalized spacial score (nSPS) is 15.7. The Bertz CT molecular complexity index is 439. The van der Waals surface area contributed by atoms with Gasteiger partial charge in [-0.3, -0.25) is 0 Å². The predicted molar refractivity (Wildman–Crippen MR) is 83.0 cm³/mol. The molecule has 0 aromatic heterocycles. The van der Waals surface area contributed by atoms with Crippen LogP contribution < -0.4 is 15.5 Å². The van der Waals surface area contributed by atoms with Gasteiger partial charge in [-0.25, -0.2) is 4.79 Å². The summed E-state index contributed by atoms with van der Waals surface area (Å²) in [6, 6.07) is 8.52. The molecule has 1 aromatic carbocycles. The van der Waals surface area contributed by atoms with E-state index in [1.807, 2.05) is 26.2 Å². The van der Waals surface area contributed by atoms with Gasteiger partial charge < -0.3 is 15.5 Å². The zero-order valence-corrected chi connectivity index (χ0v) is 12.5. The van der Waals surface area contributed by atoms with Gasteiger partial charge in [0.15, 0.2) is 0 Å². The van der Waals surface area contributed by atoms with E-state index in [4.69, 9.17) is 0 Å². The summed E-state index contributed by atoms with van der Waals surface area (Å²) < 4.78 is 0. The van der Waals surface area contributed by atoms with E-state index in [-0.39, 0.29) is 6.03 Å². The Kier molecular flexibility index (Phi) is 5.27. The van der Waals surface area contributed by atoms with E-state index < -0.39 is 0 Å². The van der Waals surface area contributed by atoms with Gasteiger partial charge in [-0.2, -0.15) is 0 Å². The van der Waals surface area contributed by atoms with Gasteiger partial charge >= 0.3 is 6.03 Å². The van der Waals surface area contributed by atoms with Crippen molar-refractivity contribution in [1.82, 2.24) is 10.6 Å². The lowest BCUT2D eigenvalue weighted by molar-refractivity contribution is 0.232. The molecule has 0 atom stereocenters. The number of anilines is 1. The quantitative estimate of drug-likeness (QED) is 0.887. The van der Waals surface area contributed by atoms with Crippen LogP contribution in [-0.4, -0.2) is 26.2 Å². The molecule has 1 fully saturated rings. The van der Waals surface area contributed by atoms with Gasteiger partial charge in [0.1, 0.15) is 0 Å². The molecule has 2 amide bonds. The number of carbonyl (C=O) groups is 1. The smallest absolute Gasteiger partial charge is 0.315 e. The Labute approximate surface area is 121 Å². The minimum atomic E-state index is -0.0489. The zero-order valence-electron chi connectivity index (χ0n) is 12.5. The van der Waals surface area contributed by atoms with Crippen molar-refractivity contribution in [2.24, 2.45) is 0 Å². The van der Waals surface area contributed by atoms with Crippen LogP contribution in [-0.2, 0) is 6.54 Å². The Balaban J connectivity index is 1.79. The molecule has 2 N–H and O–H groups in total. The number of urea groups is 1. The molecule has 0 aliphatic heterocycles. The first-order valence-corrected chi connectivity index (χ1v) is 7.46. The number of nitrogens with one attached hydrogen (secondary N) is 2. The van der Waals surface area contributed by atoms with Crippen LogP contribution >= 0.6 is 0 Å². The van der Waals surface area contributed by atoms with E-state index in [1.54, 1.807) is 0 Å². The van der Waals surface area contributed by atoms with E-state index in [2.05, 4.69) is 27.7 Å². The van der Waals surface area contributed by atoms with Crippen LogP contribution in [0.3, 0.4) is 0 Å². The van der Waals surface area contributed by atoms with Crippen molar-refractivity contribution in [3.8, 4) is 0 Å². The molecule has 0 heterocycles. The maximum Gasteiger partial charge on any atom is 0.315 e. The number of nitrogens with zero attached hydrogens (tertiary/aromatic N) is 1. The van der Waals surface area contributed by atoms with Crippen LogP contribution in [0.25, 0.3) is 0 Å². The molecule has 4 nitrogen and oxygen atoms in total. The number of carbonyl (C=O) groups excluding carboxylic acids is 1. The van der Waals surface area contributed by atoms with Crippen LogP contribution in [0.15, 0.2) is 24.3 Å². The Morgan fingerprint density at radius 3 is 2.70 bits per heavy atom. The van der Waals surface area contributed by atoms with Gasteiger partial charge in [-0.1, -0.05) is 31.4 Å². The van der Waals surface area contributed by atoms with Crippen molar-refractivity contribution in [1.29, 1.82) is 0 Å². The molecule has 2 rings (SSSR count). The van der Waals surface area contributed by atoms with Gasteiger partial charge in [0.05, 0.1) is 0 Å². The lowest BCUT2D eigenvalue weighted by atomic mass is 9.96. The fourth-order valence-electron chi connectivity index (χ4n) is 2.61. The van der Waals surface area contributed by atoms with Gasteiger partial charge in [-0.05, 0) is 30.5 Å². The molecule has 0 radical (unpaired) electrons. The molecule has 0 bridgehead atoms. The first-order chi connectivity index (χ1) is 9.65. The second-order valence-electron chi connectivity index (χ2n) is 5.73. The summed E-state index contributed by atoms with van der Waals surface area (Å²) in [6.07, 6.45) is 6.00. The van der Waals surface area contributed by atoms with Crippen molar-refractivity contribution in [2.45, 2.75) is 44.7 Å². The molecule has 1 aliphatic rings. The number of amides is 2. The molecule has 1 saturated carbocycles. The summed E-state index contributed by atoms with van der Waals surface area (Å²) in [5.74, 6) is 0. The highest BCUT2D eigenvalue weighted by Gasteiger charge is 2.15.